The second kappa shape index (κ2) is 8.88. The Morgan fingerprint density at radius 2 is 1.96 bits per heavy atom. The van der Waals surface area contributed by atoms with Crippen LogP contribution in [0.25, 0.3) is 0 Å². The number of likely N-dealkylation sites (tertiary alicyclic amines) is 1. The van der Waals surface area contributed by atoms with E-state index in [2.05, 4.69) is 0 Å². The van der Waals surface area contributed by atoms with Gasteiger partial charge in [-0.1, -0.05) is 35.0 Å². The second-order valence-corrected chi connectivity index (χ2v) is 8.07. The van der Waals surface area contributed by atoms with Crippen molar-refractivity contribution in [1.29, 1.82) is 0 Å². The van der Waals surface area contributed by atoms with Crippen molar-refractivity contribution in [3.05, 3.63) is 33.8 Å². The molecule has 0 aliphatic carbocycles. The maximum absolute atomic E-state index is 12.7. The summed E-state index contributed by atoms with van der Waals surface area (Å²) in [6, 6.07) is 3.45. The van der Waals surface area contributed by atoms with Crippen LogP contribution < -0.4 is 0 Å². The van der Waals surface area contributed by atoms with Crippen molar-refractivity contribution in [3.8, 4) is 0 Å². The zero-order valence-corrected chi connectivity index (χ0v) is 16.2. The number of carbonyl (C=O) groups is 4. The van der Waals surface area contributed by atoms with Crippen molar-refractivity contribution in [3.63, 3.8) is 0 Å². The Morgan fingerprint density at radius 1 is 1.27 bits per heavy atom. The van der Waals surface area contributed by atoms with Gasteiger partial charge in [-0.25, -0.2) is 4.79 Å². The van der Waals surface area contributed by atoms with E-state index in [-0.39, 0.29) is 27.1 Å². The Kier molecular flexibility index (Phi) is 7.08. The average molecular weight is 418 g/mol. The van der Waals surface area contributed by atoms with Gasteiger partial charge in [0.25, 0.3) is 0 Å². The number of carboxylic acid groups (broad SMARTS) is 1. The molecule has 0 spiro atoms. The van der Waals surface area contributed by atoms with E-state index in [0.29, 0.717) is 19.4 Å². The minimum absolute atomic E-state index is 0.195. The largest absolute Gasteiger partial charge is 0.480 e. The third-order valence-corrected chi connectivity index (χ3v) is 5.76. The fourth-order valence-electron chi connectivity index (χ4n) is 2.82. The van der Waals surface area contributed by atoms with E-state index in [1.165, 1.54) is 30.0 Å². The van der Waals surface area contributed by atoms with Gasteiger partial charge in [0.2, 0.25) is 5.91 Å². The first-order valence-electron chi connectivity index (χ1n) is 7.89. The van der Waals surface area contributed by atoms with Crippen molar-refractivity contribution in [2.75, 3.05) is 6.54 Å². The monoisotopic (exact) mass is 417 g/mol. The minimum Gasteiger partial charge on any atom is -0.480 e. The molecule has 9 heteroatoms. The molecule has 26 heavy (non-hydrogen) atoms. The molecular weight excluding hydrogens is 401 g/mol. The molecule has 1 fully saturated rings. The first-order chi connectivity index (χ1) is 12.2. The molecule has 0 bridgehead atoms. The molecule has 1 amide bonds. The van der Waals surface area contributed by atoms with Crippen LogP contribution >= 0.6 is 35.0 Å². The Morgan fingerprint density at radius 3 is 2.54 bits per heavy atom. The molecule has 0 saturated carbocycles. The number of hydrogen-bond acceptors (Lipinski definition) is 5. The van der Waals surface area contributed by atoms with E-state index >= 15 is 0 Å². The van der Waals surface area contributed by atoms with Crippen LogP contribution in [-0.2, 0) is 14.4 Å². The number of rotatable bonds is 6. The van der Waals surface area contributed by atoms with Crippen LogP contribution in [0.5, 0.6) is 0 Å². The normalized spacial score (nSPS) is 17.8. The van der Waals surface area contributed by atoms with E-state index in [9.17, 15) is 24.3 Å². The van der Waals surface area contributed by atoms with Gasteiger partial charge in [-0.2, -0.15) is 0 Å². The number of amides is 1. The summed E-state index contributed by atoms with van der Waals surface area (Å²) in [5.41, 5.74) is 0.238. The topological polar surface area (TPSA) is 91.8 Å². The van der Waals surface area contributed by atoms with Crippen molar-refractivity contribution in [2.45, 2.75) is 37.5 Å². The molecule has 1 saturated heterocycles. The molecule has 0 aromatic heterocycles. The summed E-state index contributed by atoms with van der Waals surface area (Å²) in [6.07, 6.45) is 0.716. The van der Waals surface area contributed by atoms with Gasteiger partial charge >= 0.3 is 5.97 Å². The molecule has 1 aliphatic rings. The SMILES string of the molecule is CC(=O)SC(CC(=O)N1CCC[C@H]1C(=O)O)C(=O)c1ccc(Cl)c(Cl)c1. The molecule has 1 N–H and O–H groups in total. The number of Topliss-reactive ketones (excluding diaryl/α,β-unsaturated/α-hetero) is 1. The molecule has 140 valence electrons. The Labute approximate surface area is 164 Å². The van der Waals surface area contributed by atoms with E-state index in [1.54, 1.807) is 0 Å². The number of carbonyl (C=O) groups excluding carboxylic acids is 3. The summed E-state index contributed by atoms with van der Waals surface area (Å²) in [5.74, 6) is -1.95. The van der Waals surface area contributed by atoms with Crippen LogP contribution in [0, 0.1) is 0 Å². The lowest BCUT2D eigenvalue weighted by atomic mass is 10.1. The molecule has 6 nitrogen and oxygen atoms in total. The summed E-state index contributed by atoms with van der Waals surface area (Å²) >= 11 is 12.5. The third kappa shape index (κ3) is 4.99. The second-order valence-electron chi connectivity index (χ2n) is 5.88. The van der Waals surface area contributed by atoms with Gasteiger partial charge in [0, 0.05) is 25.5 Å². The number of hydrogen-bond donors (Lipinski definition) is 1. The molecule has 1 aromatic rings. The number of aliphatic carboxylic acids is 1. The zero-order chi connectivity index (χ0) is 19.4. The number of benzene rings is 1. The molecule has 1 heterocycles. The van der Waals surface area contributed by atoms with E-state index in [0.717, 1.165) is 11.8 Å². The summed E-state index contributed by atoms with van der Waals surface area (Å²) < 4.78 is 0. The average Bonchev–Trinajstić information content (AvgIpc) is 3.05. The van der Waals surface area contributed by atoms with Crippen LogP contribution in [0.2, 0.25) is 10.0 Å². The highest BCUT2D eigenvalue weighted by Gasteiger charge is 2.36. The van der Waals surface area contributed by atoms with Crippen molar-refractivity contribution < 1.29 is 24.3 Å². The lowest BCUT2D eigenvalue weighted by Gasteiger charge is -2.23. The highest BCUT2D eigenvalue weighted by Crippen LogP contribution is 2.28. The molecule has 1 unspecified atom stereocenters. The van der Waals surface area contributed by atoms with Gasteiger partial charge in [-0.3, -0.25) is 14.4 Å². The van der Waals surface area contributed by atoms with Gasteiger partial charge in [0.1, 0.15) is 6.04 Å². The van der Waals surface area contributed by atoms with Crippen LogP contribution in [0.4, 0.5) is 0 Å². The van der Waals surface area contributed by atoms with Gasteiger partial charge in [-0.15, -0.1) is 0 Å². The van der Waals surface area contributed by atoms with E-state index < -0.39 is 29.0 Å². The predicted molar refractivity (Wildman–Crippen MR) is 99.8 cm³/mol. The minimum atomic E-state index is -1.07. The smallest absolute Gasteiger partial charge is 0.326 e. The summed E-state index contributed by atoms with van der Waals surface area (Å²) in [5, 5.41) is 8.43. The van der Waals surface area contributed by atoms with E-state index in [4.69, 9.17) is 23.2 Å². The molecule has 1 aliphatic heterocycles. The lowest BCUT2D eigenvalue weighted by Crippen LogP contribution is -2.42. The van der Waals surface area contributed by atoms with Gasteiger partial charge in [0.15, 0.2) is 10.9 Å². The fourth-order valence-corrected chi connectivity index (χ4v) is 3.99. The number of halogens is 2. The number of ketones is 1. The van der Waals surface area contributed by atoms with Crippen LogP contribution in [0.1, 0.15) is 36.5 Å². The van der Waals surface area contributed by atoms with Gasteiger partial charge in [0.05, 0.1) is 15.3 Å². The quantitative estimate of drug-likeness (QED) is 0.713. The van der Waals surface area contributed by atoms with Crippen molar-refractivity contribution in [1.82, 2.24) is 4.90 Å². The summed E-state index contributed by atoms with van der Waals surface area (Å²) in [7, 11) is 0. The van der Waals surface area contributed by atoms with Gasteiger partial charge in [-0.05, 0) is 31.0 Å². The Balaban J connectivity index is 2.19. The maximum atomic E-state index is 12.7. The molecule has 2 rings (SSSR count). The zero-order valence-electron chi connectivity index (χ0n) is 13.9. The van der Waals surface area contributed by atoms with Crippen LogP contribution in [-0.4, -0.2) is 50.6 Å². The lowest BCUT2D eigenvalue weighted by molar-refractivity contribution is -0.148. The number of nitrogens with zero attached hydrogens (tertiary/aromatic N) is 1. The standard InChI is InChI=1S/C17H17Cl2NO5S/c1-9(21)26-14(16(23)10-4-5-11(18)12(19)7-10)8-15(22)20-6-2-3-13(20)17(24)25/h4-5,7,13-14H,2-3,6,8H2,1H3,(H,24,25)/t13-,14?/m0/s1. The fraction of sp³-hybridized carbons (Fsp3) is 0.412. The third-order valence-electron chi connectivity index (χ3n) is 4.02. The molecule has 1 aromatic carbocycles. The molecular formula is C17H17Cl2NO5S. The first kappa shape index (κ1) is 20.7. The number of carboxylic acids is 1. The van der Waals surface area contributed by atoms with Crippen molar-refractivity contribution in [2.24, 2.45) is 0 Å². The highest BCUT2D eigenvalue weighted by molar-refractivity contribution is 8.14. The predicted octanol–water partition coefficient (Wildman–Crippen LogP) is 3.29. The summed E-state index contributed by atoms with van der Waals surface area (Å²) in [4.78, 5) is 49.3. The van der Waals surface area contributed by atoms with Crippen LogP contribution in [0.15, 0.2) is 18.2 Å². The maximum Gasteiger partial charge on any atom is 0.326 e. The van der Waals surface area contributed by atoms with E-state index in [1.807, 2.05) is 0 Å². The first-order valence-corrected chi connectivity index (χ1v) is 9.53. The Bertz CT molecular complexity index is 755. The number of thioether (sulfide) groups is 1. The van der Waals surface area contributed by atoms with Crippen molar-refractivity contribution >= 4 is 57.7 Å². The molecule has 0 radical (unpaired) electrons. The molecule has 2 atom stereocenters. The van der Waals surface area contributed by atoms with Crippen LogP contribution in [0.3, 0.4) is 0 Å². The Hall–Kier alpha value is -1.57. The van der Waals surface area contributed by atoms with Gasteiger partial charge < -0.3 is 10.0 Å². The highest BCUT2D eigenvalue weighted by atomic mass is 35.5. The summed E-state index contributed by atoms with van der Waals surface area (Å²) in [6.45, 7) is 1.63.